The fourth-order valence-electron chi connectivity index (χ4n) is 1.25. The molecule has 0 aliphatic rings. The summed E-state index contributed by atoms with van der Waals surface area (Å²) in [5, 5.41) is 10.2. The number of thiophene rings is 1. The lowest BCUT2D eigenvalue weighted by molar-refractivity contribution is -0.137. The molecule has 0 unspecified atom stereocenters. The average Bonchev–Trinajstić information content (AvgIpc) is 2.65. The van der Waals surface area contributed by atoms with E-state index >= 15 is 0 Å². The average molecular weight is 342 g/mol. The summed E-state index contributed by atoms with van der Waals surface area (Å²) >= 11 is 4.28. The Labute approximate surface area is 112 Å². The van der Waals surface area contributed by atoms with Crippen LogP contribution in [0.3, 0.4) is 0 Å². The van der Waals surface area contributed by atoms with Crippen LogP contribution in [0.2, 0.25) is 0 Å². The highest BCUT2D eigenvalue weighted by Gasteiger charge is 2.26. The smallest absolute Gasteiger partial charge is 0.304 e. The van der Waals surface area contributed by atoms with Gasteiger partial charge in [-0.25, -0.2) is 8.42 Å². The summed E-state index contributed by atoms with van der Waals surface area (Å²) in [5.74, 6) is -1.01. The summed E-state index contributed by atoms with van der Waals surface area (Å²) in [6.07, 6.45) is -0.198. The summed E-state index contributed by atoms with van der Waals surface area (Å²) in [6.45, 7) is 1.92. The lowest BCUT2D eigenvalue weighted by Gasteiger charge is -2.18. The number of carboxylic acid groups (broad SMARTS) is 1. The Morgan fingerprint density at radius 3 is 2.65 bits per heavy atom. The van der Waals surface area contributed by atoms with Crippen molar-refractivity contribution in [2.75, 3.05) is 13.1 Å². The zero-order valence-electron chi connectivity index (χ0n) is 9.09. The molecule has 0 spiro atoms. The Bertz CT molecular complexity index is 497. The monoisotopic (exact) mass is 341 g/mol. The molecule has 8 heteroatoms. The minimum atomic E-state index is -3.59. The van der Waals surface area contributed by atoms with E-state index in [1.165, 1.54) is 0 Å². The second kappa shape index (κ2) is 5.94. The normalized spacial score (nSPS) is 11.9. The molecule has 1 heterocycles. The molecular formula is C9H12BrNO4S2. The van der Waals surface area contributed by atoms with Gasteiger partial charge in [0, 0.05) is 17.6 Å². The van der Waals surface area contributed by atoms with E-state index in [9.17, 15) is 13.2 Å². The van der Waals surface area contributed by atoms with Gasteiger partial charge in [-0.05, 0) is 27.4 Å². The number of nitrogens with zero attached hydrogens (tertiary/aromatic N) is 1. The highest BCUT2D eigenvalue weighted by molar-refractivity contribution is 9.10. The Hall–Kier alpha value is -0.440. The Kier molecular flexibility index (Phi) is 5.11. The summed E-state index contributed by atoms with van der Waals surface area (Å²) in [7, 11) is -3.59. The van der Waals surface area contributed by atoms with Gasteiger partial charge in [-0.15, -0.1) is 11.3 Å². The van der Waals surface area contributed by atoms with Crippen molar-refractivity contribution in [2.45, 2.75) is 17.6 Å². The van der Waals surface area contributed by atoms with Gasteiger partial charge in [-0.1, -0.05) is 6.92 Å². The van der Waals surface area contributed by atoms with Crippen LogP contribution in [0, 0.1) is 0 Å². The van der Waals surface area contributed by atoms with Crippen LogP contribution in [0.5, 0.6) is 0 Å². The molecule has 0 atom stereocenters. The molecule has 0 amide bonds. The molecular weight excluding hydrogens is 330 g/mol. The molecule has 0 aliphatic heterocycles. The molecule has 0 saturated carbocycles. The minimum absolute atomic E-state index is 0.0154. The van der Waals surface area contributed by atoms with Gasteiger partial charge >= 0.3 is 5.97 Å². The van der Waals surface area contributed by atoms with Crippen LogP contribution in [-0.2, 0) is 14.8 Å². The highest BCUT2D eigenvalue weighted by atomic mass is 79.9. The van der Waals surface area contributed by atoms with Gasteiger partial charge in [0.15, 0.2) is 0 Å². The highest BCUT2D eigenvalue weighted by Crippen LogP contribution is 2.30. The number of halogens is 1. The molecule has 0 aromatic carbocycles. The Morgan fingerprint density at radius 2 is 2.24 bits per heavy atom. The van der Waals surface area contributed by atoms with Gasteiger partial charge in [0.1, 0.15) is 4.21 Å². The van der Waals surface area contributed by atoms with E-state index in [2.05, 4.69) is 15.9 Å². The van der Waals surface area contributed by atoms with Crippen molar-refractivity contribution >= 4 is 43.3 Å². The fraction of sp³-hybridized carbons (Fsp3) is 0.444. The maximum absolute atomic E-state index is 12.2. The maximum Gasteiger partial charge on any atom is 0.304 e. The van der Waals surface area contributed by atoms with E-state index in [0.29, 0.717) is 4.47 Å². The van der Waals surface area contributed by atoms with Gasteiger partial charge in [0.2, 0.25) is 0 Å². The molecule has 0 saturated heterocycles. The van der Waals surface area contributed by atoms with Crippen LogP contribution in [0.15, 0.2) is 20.1 Å². The number of aliphatic carboxylic acids is 1. The number of hydrogen-bond donors (Lipinski definition) is 1. The number of rotatable bonds is 6. The lowest BCUT2D eigenvalue weighted by Crippen LogP contribution is -2.32. The summed E-state index contributed by atoms with van der Waals surface area (Å²) in [5.41, 5.74) is 0. The number of carboxylic acids is 1. The van der Waals surface area contributed by atoms with E-state index < -0.39 is 16.0 Å². The number of hydrogen-bond acceptors (Lipinski definition) is 4. The van der Waals surface area contributed by atoms with Gasteiger partial charge in [-0.2, -0.15) is 4.31 Å². The molecule has 5 nitrogen and oxygen atoms in total. The van der Waals surface area contributed by atoms with Crippen molar-refractivity contribution in [3.63, 3.8) is 0 Å². The van der Waals surface area contributed by atoms with E-state index in [1.54, 1.807) is 18.4 Å². The van der Waals surface area contributed by atoms with E-state index in [4.69, 9.17) is 5.11 Å². The van der Waals surface area contributed by atoms with Gasteiger partial charge in [0.05, 0.1) is 6.42 Å². The molecule has 1 aromatic heterocycles. The second-order valence-electron chi connectivity index (χ2n) is 3.20. The van der Waals surface area contributed by atoms with Crippen LogP contribution in [0.25, 0.3) is 0 Å². The molecule has 1 N–H and O–H groups in total. The quantitative estimate of drug-likeness (QED) is 0.858. The first-order valence-corrected chi connectivity index (χ1v) is 7.95. The number of carbonyl (C=O) groups is 1. The van der Waals surface area contributed by atoms with Crippen molar-refractivity contribution in [3.8, 4) is 0 Å². The van der Waals surface area contributed by atoms with Crippen LogP contribution < -0.4 is 0 Å². The topological polar surface area (TPSA) is 74.7 Å². The SMILES string of the molecule is CCN(CCC(=O)O)S(=O)(=O)c1sccc1Br. The third-order valence-corrected chi connectivity index (χ3v) is 6.71. The van der Waals surface area contributed by atoms with Crippen molar-refractivity contribution < 1.29 is 18.3 Å². The molecule has 0 fully saturated rings. The van der Waals surface area contributed by atoms with Crippen molar-refractivity contribution in [1.29, 1.82) is 0 Å². The van der Waals surface area contributed by atoms with E-state index in [-0.39, 0.29) is 23.7 Å². The first-order chi connectivity index (χ1) is 7.89. The minimum Gasteiger partial charge on any atom is -0.481 e. The second-order valence-corrected chi connectivity index (χ2v) is 7.10. The molecule has 17 heavy (non-hydrogen) atoms. The number of sulfonamides is 1. The molecule has 96 valence electrons. The van der Waals surface area contributed by atoms with Crippen molar-refractivity contribution in [2.24, 2.45) is 0 Å². The first-order valence-electron chi connectivity index (χ1n) is 4.84. The Morgan fingerprint density at radius 1 is 1.59 bits per heavy atom. The predicted molar refractivity (Wildman–Crippen MR) is 68.7 cm³/mol. The predicted octanol–water partition coefficient (Wildman–Crippen LogP) is 2.00. The first kappa shape index (κ1) is 14.6. The summed E-state index contributed by atoms with van der Waals surface area (Å²) in [6, 6.07) is 1.66. The van der Waals surface area contributed by atoms with Gasteiger partial charge in [0.25, 0.3) is 10.0 Å². The Balaban J connectivity index is 2.95. The maximum atomic E-state index is 12.2. The molecule has 0 radical (unpaired) electrons. The van der Waals surface area contributed by atoms with Crippen molar-refractivity contribution in [1.82, 2.24) is 4.31 Å². The third-order valence-electron chi connectivity index (χ3n) is 2.09. The van der Waals surface area contributed by atoms with Gasteiger partial charge in [-0.3, -0.25) is 4.79 Å². The standard InChI is InChI=1S/C9H12BrNO4S2/c1-2-11(5-3-8(12)13)17(14,15)9-7(10)4-6-16-9/h4,6H,2-3,5H2,1H3,(H,12,13). The third kappa shape index (κ3) is 3.51. The zero-order chi connectivity index (χ0) is 13.1. The van der Waals surface area contributed by atoms with E-state index in [0.717, 1.165) is 15.6 Å². The summed E-state index contributed by atoms with van der Waals surface area (Å²) < 4.78 is 26.2. The van der Waals surface area contributed by atoms with E-state index in [1.807, 2.05) is 0 Å². The van der Waals surface area contributed by atoms with Gasteiger partial charge < -0.3 is 5.11 Å². The van der Waals surface area contributed by atoms with Crippen LogP contribution in [-0.4, -0.2) is 36.9 Å². The van der Waals surface area contributed by atoms with Crippen molar-refractivity contribution in [3.05, 3.63) is 15.9 Å². The van der Waals surface area contributed by atoms with Crippen LogP contribution in [0.1, 0.15) is 13.3 Å². The molecule has 0 aliphatic carbocycles. The molecule has 1 aromatic rings. The molecule has 1 rings (SSSR count). The van der Waals surface area contributed by atoms with Crippen LogP contribution in [0.4, 0.5) is 0 Å². The van der Waals surface area contributed by atoms with Crippen LogP contribution >= 0.6 is 27.3 Å². The zero-order valence-corrected chi connectivity index (χ0v) is 12.3. The summed E-state index contributed by atoms with van der Waals surface area (Å²) in [4.78, 5) is 10.5. The largest absolute Gasteiger partial charge is 0.481 e. The fourth-order valence-corrected chi connectivity index (χ4v) is 5.15. The lowest BCUT2D eigenvalue weighted by atomic mass is 10.4. The molecule has 0 bridgehead atoms.